The molecule has 1 rings (SSSR count). The Bertz CT molecular complexity index is 350. The summed E-state index contributed by atoms with van der Waals surface area (Å²) < 4.78 is 4.87. The molecule has 1 heterocycles. The van der Waals surface area contributed by atoms with Gasteiger partial charge in [0.05, 0.1) is 6.20 Å². The summed E-state index contributed by atoms with van der Waals surface area (Å²) in [4.78, 5) is 11.9. The number of carbonyl (C=O) groups excluding carboxylic acids is 1. The van der Waals surface area contributed by atoms with Crippen LogP contribution in [-0.4, -0.2) is 22.4 Å². The van der Waals surface area contributed by atoms with E-state index in [1.807, 2.05) is 0 Å². The largest absolute Gasteiger partial charge is 0.361 e. The molecule has 0 saturated heterocycles. The number of nitrogens with one attached hydrogen (secondary N) is 1. The number of aryl methyl sites for hydroxylation is 1. The minimum Gasteiger partial charge on any atom is -0.361 e. The van der Waals surface area contributed by atoms with Gasteiger partial charge in [0.25, 0.3) is 5.91 Å². The highest BCUT2D eigenvalue weighted by Crippen LogP contribution is 2.11. The molecule has 4 nitrogen and oxygen atoms in total. The van der Waals surface area contributed by atoms with Crippen LogP contribution in [0.1, 0.15) is 36.4 Å². The highest BCUT2D eigenvalue weighted by atomic mass is 79.9. The van der Waals surface area contributed by atoms with Gasteiger partial charge in [-0.1, -0.05) is 34.9 Å². The van der Waals surface area contributed by atoms with Gasteiger partial charge in [0.2, 0.25) is 0 Å². The molecule has 0 spiro atoms. The van der Waals surface area contributed by atoms with Crippen LogP contribution in [0, 0.1) is 12.8 Å². The highest BCUT2D eigenvalue weighted by Gasteiger charge is 2.19. The first-order valence-electron chi connectivity index (χ1n) is 5.34. The molecule has 1 atom stereocenters. The van der Waals surface area contributed by atoms with Crippen molar-refractivity contribution in [2.24, 2.45) is 5.92 Å². The van der Waals surface area contributed by atoms with E-state index >= 15 is 0 Å². The van der Waals surface area contributed by atoms with E-state index in [-0.39, 0.29) is 11.9 Å². The minimum absolute atomic E-state index is 0.113. The van der Waals surface area contributed by atoms with E-state index in [1.54, 1.807) is 6.92 Å². The lowest BCUT2D eigenvalue weighted by Gasteiger charge is -2.21. The second kappa shape index (κ2) is 6.03. The Morgan fingerprint density at radius 3 is 2.75 bits per heavy atom. The topological polar surface area (TPSA) is 55.1 Å². The fourth-order valence-corrected chi connectivity index (χ4v) is 1.95. The van der Waals surface area contributed by atoms with Crippen molar-refractivity contribution < 1.29 is 9.32 Å². The van der Waals surface area contributed by atoms with Gasteiger partial charge in [-0.3, -0.25) is 4.79 Å². The van der Waals surface area contributed by atoms with E-state index in [2.05, 4.69) is 40.3 Å². The zero-order valence-corrected chi connectivity index (χ0v) is 11.4. The van der Waals surface area contributed by atoms with Crippen LogP contribution >= 0.6 is 15.9 Å². The average Bonchev–Trinajstić information content (AvgIpc) is 2.63. The molecule has 0 saturated carbocycles. The zero-order valence-electron chi connectivity index (χ0n) is 9.79. The maximum Gasteiger partial charge on any atom is 0.256 e. The third-order valence-corrected chi connectivity index (χ3v) is 2.99. The summed E-state index contributed by atoms with van der Waals surface area (Å²) in [6, 6.07) is 0.168. The molecule has 1 amide bonds. The Balaban J connectivity index is 2.65. The van der Waals surface area contributed by atoms with Gasteiger partial charge in [-0.25, -0.2) is 0 Å². The van der Waals surface area contributed by atoms with Crippen LogP contribution < -0.4 is 5.32 Å². The summed E-state index contributed by atoms with van der Waals surface area (Å²) in [5.41, 5.74) is 0.514. The molecule has 0 aliphatic rings. The first-order chi connectivity index (χ1) is 7.56. The van der Waals surface area contributed by atoms with Crippen molar-refractivity contribution in [2.45, 2.75) is 33.2 Å². The smallest absolute Gasteiger partial charge is 0.256 e. The van der Waals surface area contributed by atoms with Crippen molar-refractivity contribution in [3.05, 3.63) is 17.5 Å². The van der Waals surface area contributed by atoms with Crippen LogP contribution in [0.3, 0.4) is 0 Å². The quantitative estimate of drug-likeness (QED) is 0.847. The van der Waals surface area contributed by atoms with Crippen LogP contribution in [0.25, 0.3) is 0 Å². The molecule has 0 bridgehead atoms. The van der Waals surface area contributed by atoms with E-state index in [1.165, 1.54) is 6.20 Å². The molecule has 1 aromatic rings. The van der Waals surface area contributed by atoms with E-state index in [4.69, 9.17) is 4.52 Å². The fourth-order valence-electron chi connectivity index (χ4n) is 1.45. The predicted molar refractivity (Wildman–Crippen MR) is 65.7 cm³/mol. The number of hydrogen-bond donors (Lipinski definition) is 1. The second-order valence-corrected chi connectivity index (χ2v) is 4.89. The summed E-state index contributed by atoms with van der Waals surface area (Å²) in [6.45, 7) is 5.92. The SMILES string of the molecule is Cc1oncc1C(=O)NC(CCBr)C(C)C. The number of amides is 1. The van der Waals surface area contributed by atoms with Crippen LogP contribution in [0.5, 0.6) is 0 Å². The third-order valence-electron chi connectivity index (χ3n) is 2.54. The number of nitrogens with zero attached hydrogens (tertiary/aromatic N) is 1. The first-order valence-corrected chi connectivity index (χ1v) is 6.46. The van der Waals surface area contributed by atoms with Crippen molar-refractivity contribution in [1.82, 2.24) is 10.5 Å². The second-order valence-electron chi connectivity index (χ2n) is 4.10. The predicted octanol–water partition coefficient (Wildman–Crippen LogP) is 2.52. The van der Waals surface area contributed by atoms with Gasteiger partial charge >= 0.3 is 0 Å². The van der Waals surface area contributed by atoms with Crippen molar-refractivity contribution in [2.75, 3.05) is 5.33 Å². The lowest BCUT2D eigenvalue weighted by Crippen LogP contribution is -2.38. The van der Waals surface area contributed by atoms with Gasteiger partial charge in [0.1, 0.15) is 11.3 Å². The maximum atomic E-state index is 11.9. The lowest BCUT2D eigenvalue weighted by molar-refractivity contribution is 0.0923. The summed E-state index contributed by atoms with van der Waals surface area (Å²) in [7, 11) is 0. The van der Waals surface area contributed by atoms with Crippen molar-refractivity contribution >= 4 is 21.8 Å². The first kappa shape index (κ1) is 13.2. The Morgan fingerprint density at radius 1 is 1.62 bits per heavy atom. The molecule has 1 aromatic heterocycles. The monoisotopic (exact) mass is 288 g/mol. The molecule has 5 heteroatoms. The van der Waals surface area contributed by atoms with E-state index in [9.17, 15) is 4.79 Å². The standard InChI is InChI=1S/C11H17BrN2O2/c1-7(2)10(4-5-12)14-11(15)9-6-13-16-8(9)3/h6-7,10H,4-5H2,1-3H3,(H,14,15). The van der Waals surface area contributed by atoms with Gasteiger partial charge < -0.3 is 9.84 Å². The zero-order chi connectivity index (χ0) is 12.1. The molecule has 16 heavy (non-hydrogen) atoms. The summed E-state index contributed by atoms with van der Waals surface area (Å²) >= 11 is 3.39. The molecule has 0 aromatic carbocycles. The minimum atomic E-state index is -0.113. The van der Waals surface area contributed by atoms with Gasteiger partial charge in [-0.2, -0.15) is 0 Å². The molecule has 0 radical (unpaired) electrons. The molecular weight excluding hydrogens is 272 g/mol. The van der Waals surface area contributed by atoms with E-state index in [0.717, 1.165) is 11.8 Å². The van der Waals surface area contributed by atoms with Crippen molar-refractivity contribution in [3.8, 4) is 0 Å². The molecule has 1 N–H and O–H groups in total. The van der Waals surface area contributed by atoms with Crippen LogP contribution in [-0.2, 0) is 0 Å². The highest BCUT2D eigenvalue weighted by molar-refractivity contribution is 9.09. The molecule has 0 fully saturated rings. The van der Waals surface area contributed by atoms with Gasteiger partial charge in [-0.15, -0.1) is 0 Å². The third kappa shape index (κ3) is 3.33. The van der Waals surface area contributed by atoms with Crippen LogP contribution in [0.15, 0.2) is 10.7 Å². The number of aromatic nitrogens is 1. The summed E-state index contributed by atoms with van der Waals surface area (Å²) in [5.74, 6) is 0.846. The number of hydrogen-bond acceptors (Lipinski definition) is 3. The molecular formula is C11H17BrN2O2. The average molecular weight is 289 g/mol. The lowest BCUT2D eigenvalue weighted by atomic mass is 10.0. The van der Waals surface area contributed by atoms with Crippen molar-refractivity contribution in [1.29, 1.82) is 0 Å². The van der Waals surface area contributed by atoms with Gasteiger partial charge in [0, 0.05) is 11.4 Å². The van der Waals surface area contributed by atoms with Gasteiger partial charge in [0.15, 0.2) is 0 Å². The molecule has 0 aliphatic heterocycles. The van der Waals surface area contributed by atoms with E-state index < -0.39 is 0 Å². The molecule has 90 valence electrons. The normalized spacial score (nSPS) is 12.8. The number of rotatable bonds is 5. The van der Waals surface area contributed by atoms with Gasteiger partial charge in [-0.05, 0) is 19.3 Å². The molecule has 1 unspecified atom stereocenters. The fraction of sp³-hybridized carbons (Fsp3) is 0.636. The number of halogens is 1. The maximum absolute atomic E-state index is 11.9. The summed E-state index contributed by atoms with van der Waals surface area (Å²) in [6.07, 6.45) is 2.37. The van der Waals surface area contributed by atoms with Crippen molar-refractivity contribution in [3.63, 3.8) is 0 Å². The Hall–Kier alpha value is -0.840. The number of carbonyl (C=O) groups is 1. The summed E-state index contributed by atoms with van der Waals surface area (Å²) in [5, 5.41) is 7.46. The Labute approximate surface area is 104 Å². The Kier molecular flexibility index (Phi) is 4.99. The van der Waals surface area contributed by atoms with Crippen LogP contribution in [0.2, 0.25) is 0 Å². The Morgan fingerprint density at radius 2 is 2.31 bits per heavy atom. The van der Waals surface area contributed by atoms with Crippen LogP contribution in [0.4, 0.5) is 0 Å². The molecule has 0 aliphatic carbocycles. The number of alkyl halides is 1. The van der Waals surface area contributed by atoms with E-state index in [0.29, 0.717) is 17.2 Å².